The summed E-state index contributed by atoms with van der Waals surface area (Å²) in [6.07, 6.45) is 0. The fourth-order valence-corrected chi connectivity index (χ4v) is 3.42. The highest BCUT2D eigenvalue weighted by Crippen LogP contribution is 2.24. The number of ether oxygens (including phenoxy) is 1. The van der Waals surface area contributed by atoms with Crippen LogP contribution in [0.1, 0.15) is 37.8 Å². The largest absolute Gasteiger partial charge is 0.494 e. The number of hydrogen-bond donors (Lipinski definition) is 0. The average Bonchev–Trinajstić information content (AvgIpc) is 2.64. The maximum atomic E-state index is 5.77. The number of piperazine rings is 1. The first kappa shape index (κ1) is 17.8. The Morgan fingerprint density at radius 1 is 0.960 bits per heavy atom. The number of nitrogens with zero attached hydrogens (tertiary/aromatic N) is 2. The second-order valence-electron chi connectivity index (χ2n) is 7.05. The van der Waals surface area contributed by atoms with E-state index in [1.165, 1.54) is 16.8 Å². The van der Waals surface area contributed by atoms with Crippen LogP contribution < -0.4 is 9.64 Å². The third-order valence-electron chi connectivity index (χ3n) is 4.94. The van der Waals surface area contributed by atoms with E-state index < -0.39 is 0 Å². The maximum Gasteiger partial charge on any atom is 0.123 e. The van der Waals surface area contributed by atoms with Gasteiger partial charge in [0.2, 0.25) is 0 Å². The second-order valence-corrected chi connectivity index (χ2v) is 7.05. The molecule has 0 N–H and O–H groups in total. The highest BCUT2D eigenvalue weighted by molar-refractivity contribution is 5.49. The van der Waals surface area contributed by atoms with E-state index in [9.17, 15) is 0 Å². The Bertz CT molecular complexity index is 675. The zero-order chi connectivity index (χ0) is 17.6. The van der Waals surface area contributed by atoms with Crippen molar-refractivity contribution in [2.24, 2.45) is 0 Å². The second kappa shape index (κ2) is 8.39. The number of para-hydroxylation sites is 1. The van der Waals surface area contributed by atoms with E-state index in [-0.39, 0.29) is 0 Å². The molecule has 1 fully saturated rings. The predicted molar refractivity (Wildman–Crippen MR) is 106 cm³/mol. The summed E-state index contributed by atoms with van der Waals surface area (Å²) in [5, 5.41) is 0. The molecule has 0 saturated carbocycles. The topological polar surface area (TPSA) is 15.7 Å². The molecule has 0 spiro atoms. The normalized spacial score (nSPS) is 15.6. The molecule has 0 aliphatic carbocycles. The summed E-state index contributed by atoms with van der Waals surface area (Å²) >= 11 is 0. The molecule has 0 amide bonds. The van der Waals surface area contributed by atoms with E-state index >= 15 is 0 Å². The fraction of sp³-hybridized carbons (Fsp3) is 0.455. The van der Waals surface area contributed by atoms with Gasteiger partial charge in [-0.3, -0.25) is 4.90 Å². The van der Waals surface area contributed by atoms with Gasteiger partial charge in [-0.15, -0.1) is 0 Å². The molecule has 3 nitrogen and oxygen atoms in total. The summed E-state index contributed by atoms with van der Waals surface area (Å²) in [4.78, 5) is 5.04. The first-order valence-corrected chi connectivity index (χ1v) is 9.45. The summed E-state index contributed by atoms with van der Waals surface area (Å²) in [5.41, 5.74) is 4.07. The molecule has 2 aromatic carbocycles. The molecule has 0 radical (unpaired) electrons. The van der Waals surface area contributed by atoms with Crippen LogP contribution in [-0.4, -0.2) is 37.7 Å². The molecule has 2 aromatic rings. The predicted octanol–water partition coefficient (Wildman–Crippen LogP) is 4.53. The number of rotatable bonds is 6. The Morgan fingerprint density at radius 3 is 2.44 bits per heavy atom. The van der Waals surface area contributed by atoms with Crippen molar-refractivity contribution in [3.63, 3.8) is 0 Å². The van der Waals surface area contributed by atoms with Gasteiger partial charge in [0.15, 0.2) is 0 Å². The lowest BCUT2D eigenvalue weighted by Gasteiger charge is -2.36. The molecular weight excluding hydrogens is 308 g/mol. The van der Waals surface area contributed by atoms with Crippen LogP contribution in [0.5, 0.6) is 5.75 Å². The molecule has 1 aliphatic rings. The lowest BCUT2D eigenvalue weighted by molar-refractivity contribution is 0.243. The van der Waals surface area contributed by atoms with Gasteiger partial charge in [0.05, 0.1) is 6.61 Å². The zero-order valence-electron chi connectivity index (χ0n) is 15.7. The van der Waals surface area contributed by atoms with Gasteiger partial charge in [-0.05, 0) is 36.6 Å². The Labute approximate surface area is 152 Å². The summed E-state index contributed by atoms with van der Waals surface area (Å²) in [5.74, 6) is 1.60. The van der Waals surface area contributed by atoms with Crippen LogP contribution >= 0.6 is 0 Å². The minimum absolute atomic E-state index is 0.580. The number of anilines is 1. The van der Waals surface area contributed by atoms with E-state index in [0.29, 0.717) is 5.92 Å². The molecule has 3 rings (SSSR count). The quantitative estimate of drug-likeness (QED) is 0.769. The van der Waals surface area contributed by atoms with Crippen LogP contribution in [0.25, 0.3) is 0 Å². The molecule has 0 unspecified atom stereocenters. The van der Waals surface area contributed by atoms with Gasteiger partial charge >= 0.3 is 0 Å². The van der Waals surface area contributed by atoms with Gasteiger partial charge in [-0.2, -0.15) is 0 Å². The Morgan fingerprint density at radius 2 is 1.72 bits per heavy atom. The van der Waals surface area contributed by atoms with E-state index in [1.807, 2.05) is 13.0 Å². The van der Waals surface area contributed by atoms with Crippen molar-refractivity contribution >= 4 is 5.69 Å². The molecule has 1 aliphatic heterocycles. The Kier molecular flexibility index (Phi) is 5.98. The van der Waals surface area contributed by atoms with Gasteiger partial charge in [0.25, 0.3) is 0 Å². The van der Waals surface area contributed by atoms with Crippen molar-refractivity contribution < 1.29 is 4.74 Å². The van der Waals surface area contributed by atoms with Crippen LogP contribution in [0.4, 0.5) is 5.69 Å². The third-order valence-corrected chi connectivity index (χ3v) is 4.94. The summed E-state index contributed by atoms with van der Waals surface area (Å²) in [7, 11) is 0. The molecule has 0 atom stereocenters. The highest BCUT2D eigenvalue weighted by Gasteiger charge is 2.18. The number of hydrogen-bond acceptors (Lipinski definition) is 3. The van der Waals surface area contributed by atoms with Crippen molar-refractivity contribution in [1.29, 1.82) is 0 Å². The first-order valence-electron chi connectivity index (χ1n) is 9.45. The molecule has 0 aromatic heterocycles. The molecule has 0 bridgehead atoms. The Balaban J connectivity index is 1.60. The molecule has 134 valence electrons. The molecule has 3 heteroatoms. The molecule has 1 saturated heterocycles. The summed E-state index contributed by atoms with van der Waals surface area (Å²) in [6.45, 7) is 12.6. The lowest BCUT2D eigenvalue weighted by Crippen LogP contribution is -2.46. The molecule has 1 heterocycles. The summed E-state index contributed by atoms with van der Waals surface area (Å²) in [6, 6.07) is 17.4. The van der Waals surface area contributed by atoms with Crippen molar-refractivity contribution in [1.82, 2.24) is 4.90 Å². The van der Waals surface area contributed by atoms with Crippen LogP contribution in [-0.2, 0) is 6.54 Å². The van der Waals surface area contributed by atoms with E-state index in [0.717, 1.165) is 45.1 Å². The minimum atomic E-state index is 0.580. The van der Waals surface area contributed by atoms with Gasteiger partial charge in [-0.1, -0.05) is 44.2 Å². The van der Waals surface area contributed by atoms with Crippen LogP contribution in [0.3, 0.4) is 0 Å². The monoisotopic (exact) mass is 338 g/mol. The molecule has 25 heavy (non-hydrogen) atoms. The van der Waals surface area contributed by atoms with Gasteiger partial charge < -0.3 is 9.64 Å². The van der Waals surface area contributed by atoms with Gasteiger partial charge in [0, 0.05) is 44.0 Å². The van der Waals surface area contributed by atoms with Crippen LogP contribution in [0.15, 0.2) is 48.5 Å². The van der Waals surface area contributed by atoms with Gasteiger partial charge in [-0.25, -0.2) is 0 Å². The SMILES string of the molecule is CCOc1ccccc1CN1CCN(c2cccc(C(C)C)c2)CC1. The smallest absolute Gasteiger partial charge is 0.123 e. The van der Waals surface area contributed by atoms with Crippen molar-refractivity contribution in [2.75, 3.05) is 37.7 Å². The molecular formula is C22H30N2O. The zero-order valence-corrected chi connectivity index (χ0v) is 15.7. The lowest BCUT2D eigenvalue weighted by atomic mass is 10.0. The Hall–Kier alpha value is -2.00. The highest BCUT2D eigenvalue weighted by atomic mass is 16.5. The average molecular weight is 338 g/mol. The van der Waals surface area contributed by atoms with Crippen LogP contribution in [0.2, 0.25) is 0 Å². The van der Waals surface area contributed by atoms with Crippen LogP contribution in [0, 0.1) is 0 Å². The number of benzene rings is 2. The van der Waals surface area contributed by atoms with E-state index in [1.54, 1.807) is 0 Å². The first-order chi connectivity index (χ1) is 12.2. The van der Waals surface area contributed by atoms with E-state index in [2.05, 4.69) is 66.1 Å². The van der Waals surface area contributed by atoms with Crippen molar-refractivity contribution in [3.05, 3.63) is 59.7 Å². The summed E-state index contributed by atoms with van der Waals surface area (Å²) < 4.78 is 5.77. The van der Waals surface area contributed by atoms with Crippen molar-refractivity contribution in [2.45, 2.75) is 33.2 Å². The minimum Gasteiger partial charge on any atom is -0.494 e. The standard InChI is InChI=1S/C22H30N2O/c1-4-25-22-11-6-5-8-20(22)17-23-12-14-24(15-13-23)21-10-7-9-19(16-21)18(2)3/h5-11,16,18H,4,12-15,17H2,1-3H3. The third kappa shape index (κ3) is 4.55. The van der Waals surface area contributed by atoms with Gasteiger partial charge in [0.1, 0.15) is 5.75 Å². The van der Waals surface area contributed by atoms with Crippen molar-refractivity contribution in [3.8, 4) is 5.75 Å². The maximum absolute atomic E-state index is 5.77. The fourth-order valence-electron chi connectivity index (χ4n) is 3.42. The van der Waals surface area contributed by atoms with E-state index in [4.69, 9.17) is 4.74 Å².